The Balaban J connectivity index is 1.80. The Morgan fingerprint density at radius 2 is 2.00 bits per heavy atom. The number of amides is 2. The van der Waals surface area contributed by atoms with E-state index in [9.17, 15) is 9.59 Å². The zero-order chi connectivity index (χ0) is 18.9. The van der Waals surface area contributed by atoms with E-state index in [0.29, 0.717) is 34.0 Å². The Labute approximate surface area is 165 Å². The van der Waals surface area contributed by atoms with Crippen molar-refractivity contribution in [2.45, 2.75) is 6.42 Å². The lowest BCUT2D eigenvalue weighted by atomic mass is 10.3. The Morgan fingerprint density at radius 3 is 2.73 bits per heavy atom. The molecule has 2 aromatic rings. The van der Waals surface area contributed by atoms with Gasteiger partial charge in [-0.3, -0.25) is 9.59 Å². The van der Waals surface area contributed by atoms with Gasteiger partial charge >= 0.3 is 0 Å². The van der Waals surface area contributed by atoms with E-state index in [1.54, 1.807) is 30.7 Å². The second-order valence-electron chi connectivity index (χ2n) is 5.14. The van der Waals surface area contributed by atoms with Crippen LogP contribution < -0.4 is 16.0 Å². The molecular formula is C16H18Cl2N4O3S. The van der Waals surface area contributed by atoms with Crippen LogP contribution in [0, 0.1) is 0 Å². The van der Waals surface area contributed by atoms with Gasteiger partial charge < -0.3 is 20.7 Å². The summed E-state index contributed by atoms with van der Waals surface area (Å²) in [6, 6.07) is 5.11. The average molecular weight is 417 g/mol. The van der Waals surface area contributed by atoms with Gasteiger partial charge in [0, 0.05) is 37.7 Å². The largest absolute Gasteiger partial charge is 0.383 e. The second-order valence-corrected chi connectivity index (χ2v) is 6.81. The van der Waals surface area contributed by atoms with E-state index in [1.807, 2.05) is 0 Å². The van der Waals surface area contributed by atoms with Crippen LogP contribution in [0.15, 0.2) is 23.6 Å². The zero-order valence-electron chi connectivity index (χ0n) is 14.0. The first-order chi connectivity index (χ1) is 12.5. The van der Waals surface area contributed by atoms with E-state index < -0.39 is 0 Å². The summed E-state index contributed by atoms with van der Waals surface area (Å²) in [5, 5.41) is 11.5. The molecule has 2 rings (SSSR count). The van der Waals surface area contributed by atoms with Crippen LogP contribution in [0.25, 0.3) is 0 Å². The molecule has 1 aromatic heterocycles. The standard InChI is InChI=1S/C16H18Cl2N4O3S/c1-25-7-6-19-14(23)4-5-20-15(24)13-9-26-16(22-13)21-10-2-3-11(17)12(18)8-10/h2-3,8-9H,4-7H2,1H3,(H,19,23)(H,20,24)(H,21,22). The van der Waals surface area contributed by atoms with Crippen molar-refractivity contribution in [3.8, 4) is 0 Å². The average Bonchev–Trinajstić information content (AvgIpc) is 3.07. The quantitative estimate of drug-likeness (QED) is 0.546. The van der Waals surface area contributed by atoms with Crippen molar-refractivity contribution < 1.29 is 14.3 Å². The summed E-state index contributed by atoms with van der Waals surface area (Å²) in [4.78, 5) is 27.8. The number of ether oxygens (including phenoxy) is 1. The van der Waals surface area contributed by atoms with Crippen LogP contribution in [0.4, 0.5) is 10.8 Å². The Bertz CT molecular complexity index is 770. The van der Waals surface area contributed by atoms with Gasteiger partial charge in [0.2, 0.25) is 5.91 Å². The number of thiazole rings is 1. The van der Waals surface area contributed by atoms with Gasteiger partial charge in [-0.2, -0.15) is 0 Å². The SMILES string of the molecule is COCCNC(=O)CCNC(=O)c1csc(Nc2ccc(Cl)c(Cl)c2)n1. The summed E-state index contributed by atoms with van der Waals surface area (Å²) in [5.41, 5.74) is 0.991. The van der Waals surface area contributed by atoms with Crippen LogP contribution >= 0.6 is 34.5 Å². The highest BCUT2D eigenvalue weighted by atomic mass is 35.5. The summed E-state index contributed by atoms with van der Waals surface area (Å²) in [6.07, 6.45) is 0.188. The number of rotatable bonds is 9. The van der Waals surface area contributed by atoms with E-state index >= 15 is 0 Å². The predicted molar refractivity (Wildman–Crippen MR) is 104 cm³/mol. The fourth-order valence-corrected chi connectivity index (χ4v) is 2.90. The van der Waals surface area contributed by atoms with Crippen molar-refractivity contribution >= 4 is 57.2 Å². The first-order valence-corrected chi connectivity index (χ1v) is 9.34. The number of nitrogens with zero attached hydrogens (tertiary/aromatic N) is 1. The topological polar surface area (TPSA) is 92.4 Å². The molecule has 1 aromatic carbocycles. The third-order valence-electron chi connectivity index (χ3n) is 3.17. The summed E-state index contributed by atoms with van der Waals surface area (Å²) in [7, 11) is 1.56. The van der Waals surface area contributed by atoms with Crippen LogP contribution in [0.1, 0.15) is 16.9 Å². The molecule has 2 amide bonds. The van der Waals surface area contributed by atoms with Crippen LogP contribution in [0.3, 0.4) is 0 Å². The molecule has 10 heteroatoms. The zero-order valence-corrected chi connectivity index (χ0v) is 16.3. The van der Waals surface area contributed by atoms with Crippen LogP contribution in [-0.4, -0.2) is 43.6 Å². The molecule has 0 saturated heterocycles. The molecule has 0 fully saturated rings. The summed E-state index contributed by atoms with van der Waals surface area (Å²) in [6.45, 7) is 1.12. The molecule has 0 spiro atoms. The number of anilines is 2. The van der Waals surface area contributed by atoms with Gasteiger partial charge in [-0.15, -0.1) is 11.3 Å². The van der Waals surface area contributed by atoms with E-state index in [0.717, 1.165) is 0 Å². The monoisotopic (exact) mass is 416 g/mol. The molecule has 0 radical (unpaired) electrons. The highest BCUT2D eigenvalue weighted by molar-refractivity contribution is 7.14. The van der Waals surface area contributed by atoms with Crippen molar-refractivity contribution in [1.29, 1.82) is 0 Å². The van der Waals surface area contributed by atoms with Gasteiger partial charge in [0.05, 0.1) is 16.7 Å². The number of benzene rings is 1. The molecule has 140 valence electrons. The van der Waals surface area contributed by atoms with Gasteiger partial charge in [0.1, 0.15) is 5.69 Å². The molecule has 7 nitrogen and oxygen atoms in total. The van der Waals surface area contributed by atoms with Gasteiger partial charge in [-0.05, 0) is 18.2 Å². The van der Waals surface area contributed by atoms with Gasteiger partial charge in [-0.25, -0.2) is 4.98 Å². The van der Waals surface area contributed by atoms with Crippen molar-refractivity contribution in [2.24, 2.45) is 0 Å². The molecule has 0 aliphatic heterocycles. The normalized spacial score (nSPS) is 10.4. The molecule has 0 bridgehead atoms. The van der Waals surface area contributed by atoms with Crippen molar-refractivity contribution in [2.75, 3.05) is 32.1 Å². The number of carbonyl (C=O) groups is 2. The summed E-state index contributed by atoms with van der Waals surface area (Å²) >= 11 is 13.1. The molecule has 3 N–H and O–H groups in total. The van der Waals surface area contributed by atoms with Gasteiger partial charge in [0.15, 0.2) is 5.13 Å². The lowest BCUT2D eigenvalue weighted by Gasteiger charge is -2.05. The fourth-order valence-electron chi connectivity index (χ4n) is 1.89. The van der Waals surface area contributed by atoms with Crippen molar-refractivity contribution in [3.63, 3.8) is 0 Å². The van der Waals surface area contributed by atoms with E-state index in [2.05, 4.69) is 20.9 Å². The molecular weight excluding hydrogens is 399 g/mol. The highest BCUT2D eigenvalue weighted by Crippen LogP contribution is 2.28. The number of halogens is 2. The minimum absolute atomic E-state index is 0.150. The Hall–Kier alpha value is -1.87. The predicted octanol–water partition coefficient (Wildman–Crippen LogP) is 3.08. The lowest BCUT2D eigenvalue weighted by Crippen LogP contribution is -2.32. The number of carbonyl (C=O) groups excluding carboxylic acids is 2. The minimum atomic E-state index is -0.340. The first kappa shape index (κ1) is 20.4. The third-order valence-corrected chi connectivity index (χ3v) is 4.67. The first-order valence-electron chi connectivity index (χ1n) is 7.71. The van der Waals surface area contributed by atoms with E-state index in [-0.39, 0.29) is 30.5 Å². The summed E-state index contributed by atoms with van der Waals surface area (Å²) < 4.78 is 4.84. The molecule has 1 heterocycles. The lowest BCUT2D eigenvalue weighted by molar-refractivity contribution is -0.121. The second kappa shape index (κ2) is 10.3. The molecule has 26 heavy (non-hydrogen) atoms. The minimum Gasteiger partial charge on any atom is -0.383 e. The molecule has 0 aliphatic rings. The number of nitrogens with one attached hydrogen (secondary N) is 3. The maximum absolute atomic E-state index is 12.1. The summed E-state index contributed by atoms with van der Waals surface area (Å²) in [5.74, 6) is -0.490. The van der Waals surface area contributed by atoms with Crippen molar-refractivity contribution in [1.82, 2.24) is 15.6 Å². The van der Waals surface area contributed by atoms with E-state index in [4.69, 9.17) is 27.9 Å². The third kappa shape index (κ3) is 6.45. The maximum Gasteiger partial charge on any atom is 0.270 e. The van der Waals surface area contributed by atoms with Crippen molar-refractivity contribution in [3.05, 3.63) is 39.3 Å². The van der Waals surface area contributed by atoms with Crippen LogP contribution in [-0.2, 0) is 9.53 Å². The number of methoxy groups -OCH3 is 1. The number of hydrogen-bond acceptors (Lipinski definition) is 6. The molecule has 0 saturated carbocycles. The molecule has 0 unspecified atom stereocenters. The van der Waals surface area contributed by atoms with E-state index in [1.165, 1.54) is 11.3 Å². The highest BCUT2D eigenvalue weighted by Gasteiger charge is 2.11. The van der Waals surface area contributed by atoms with Crippen LogP contribution in [0.2, 0.25) is 10.0 Å². The Kier molecular flexibility index (Phi) is 8.11. The van der Waals surface area contributed by atoms with Gasteiger partial charge in [-0.1, -0.05) is 23.2 Å². The fraction of sp³-hybridized carbons (Fsp3) is 0.312. The number of aromatic nitrogens is 1. The van der Waals surface area contributed by atoms with Gasteiger partial charge in [0.25, 0.3) is 5.91 Å². The number of hydrogen-bond donors (Lipinski definition) is 3. The maximum atomic E-state index is 12.1. The molecule has 0 aliphatic carbocycles. The smallest absolute Gasteiger partial charge is 0.270 e. The Morgan fingerprint density at radius 1 is 1.19 bits per heavy atom. The molecule has 0 atom stereocenters. The van der Waals surface area contributed by atoms with Crippen LogP contribution in [0.5, 0.6) is 0 Å².